The second-order valence-electron chi connectivity index (χ2n) is 4.65. The zero-order valence-corrected chi connectivity index (χ0v) is 12.4. The molecule has 3 N–H and O–H groups in total. The number of hydrogen-bond acceptors (Lipinski definition) is 4. The topological polar surface area (TPSA) is 102 Å². The normalized spacial score (nSPS) is 11.2. The Kier molecular flexibility index (Phi) is 4.06. The first-order valence-corrected chi connectivity index (χ1v) is 7.69. The number of nitrogens with two attached hydrogens (primary N) is 1. The number of aromatic nitrogens is 1. The quantitative estimate of drug-likeness (QED) is 0.899. The summed E-state index contributed by atoms with van der Waals surface area (Å²) in [7, 11) is -3.83. The lowest BCUT2D eigenvalue weighted by Crippen LogP contribution is -2.16. The van der Waals surface area contributed by atoms with Crippen molar-refractivity contribution in [3.05, 3.63) is 53.3 Å². The number of nitrogens with zero attached hydrogens (tertiary/aromatic N) is 1. The van der Waals surface area contributed by atoms with E-state index in [1.165, 1.54) is 24.5 Å². The van der Waals surface area contributed by atoms with E-state index in [2.05, 4.69) is 10.3 Å². The number of amides is 1. The van der Waals surface area contributed by atoms with Gasteiger partial charge in [-0.2, -0.15) is 0 Å². The van der Waals surface area contributed by atoms with Crippen molar-refractivity contribution in [2.75, 3.05) is 5.32 Å². The highest BCUT2D eigenvalue weighted by atomic mass is 32.2. The number of pyridine rings is 1. The minimum Gasteiger partial charge on any atom is -0.322 e. The third-order valence-corrected chi connectivity index (χ3v) is 4.05. The van der Waals surface area contributed by atoms with E-state index in [0.717, 1.165) is 11.1 Å². The number of hydrogen-bond donors (Lipinski definition) is 2. The van der Waals surface area contributed by atoms with Gasteiger partial charge in [-0.15, -0.1) is 0 Å². The predicted molar refractivity (Wildman–Crippen MR) is 79.5 cm³/mol. The molecular formula is C14H15N3O3S. The van der Waals surface area contributed by atoms with Gasteiger partial charge in [0, 0.05) is 23.6 Å². The maximum absolute atomic E-state index is 12.1. The Bertz CT molecular complexity index is 787. The molecule has 110 valence electrons. The third-order valence-electron chi connectivity index (χ3n) is 3.16. The van der Waals surface area contributed by atoms with Crippen LogP contribution in [0.15, 0.2) is 41.6 Å². The fourth-order valence-corrected chi connectivity index (χ4v) is 2.44. The summed E-state index contributed by atoms with van der Waals surface area (Å²) in [5, 5.41) is 7.83. The number of primary sulfonamides is 1. The van der Waals surface area contributed by atoms with Gasteiger partial charge in [0.25, 0.3) is 5.91 Å². The molecule has 0 fully saturated rings. The molecule has 0 saturated heterocycles. The van der Waals surface area contributed by atoms with Gasteiger partial charge in [-0.1, -0.05) is 0 Å². The smallest absolute Gasteiger partial charge is 0.255 e. The Hall–Kier alpha value is -2.25. The molecule has 0 aliphatic rings. The number of aryl methyl sites for hydroxylation is 1. The molecule has 6 nitrogen and oxygen atoms in total. The van der Waals surface area contributed by atoms with E-state index in [-0.39, 0.29) is 10.8 Å². The largest absolute Gasteiger partial charge is 0.322 e. The fourth-order valence-electron chi connectivity index (χ4n) is 1.82. The van der Waals surface area contributed by atoms with Crippen LogP contribution in [0.1, 0.15) is 21.5 Å². The van der Waals surface area contributed by atoms with Crippen LogP contribution >= 0.6 is 0 Å². The Morgan fingerprint density at radius 2 is 1.81 bits per heavy atom. The standard InChI is InChI=1S/C14H15N3O3S/c1-9-7-12(21(15,19)20)8-13(10(9)2)17-14(18)11-3-5-16-6-4-11/h3-8H,1-2H3,(H,17,18)(H2,15,19,20). The first-order valence-electron chi connectivity index (χ1n) is 6.14. The van der Waals surface area contributed by atoms with Crippen molar-refractivity contribution in [2.45, 2.75) is 18.7 Å². The Morgan fingerprint density at radius 1 is 1.19 bits per heavy atom. The highest BCUT2D eigenvalue weighted by molar-refractivity contribution is 7.89. The number of anilines is 1. The zero-order valence-electron chi connectivity index (χ0n) is 11.6. The van der Waals surface area contributed by atoms with Gasteiger partial charge in [0.1, 0.15) is 0 Å². The highest BCUT2D eigenvalue weighted by Gasteiger charge is 2.14. The van der Waals surface area contributed by atoms with Crippen LogP contribution < -0.4 is 10.5 Å². The van der Waals surface area contributed by atoms with Crippen molar-refractivity contribution in [1.82, 2.24) is 4.98 Å². The number of nitrogens with one attached hydrogen (secondary N) is 1. The molecule has 0 spiro atoms. The average molecular weight is 305 g/mol. The van der Waals surface area contributed by atoms with Gasteiger partial charge in [0.2, 0.25) is 10.0 Å². The number of carbonyl (C=O) groups is 1. The van der Waals surface area contributed by atoms with E-state index in [1.54, 1.807) is 26.0 Å². The number of carbonyl (C=O) groups excluding carboxylic acids is 1. The monoisotopic (exact) mass is 305 g/mol. The molecular weight excluding hydrogens is 290 g/mol. The summed E-state index contributed by atoms with van der Waals surface area (Å²) in [5.41, 5.74) is 2.36. The van der Waals surface area contributed by atoms with Crippen molar-refractivity contribution in [3.63, 3.8) is 0 Å². The molecule has 1 aromatic carbocycles. The van der Waals surface area contributed by atoms with Crippen molar-refractivity contribution < 1.29 is 13.2 Å². The van der Waals surface area contributed by atoms with Crippen molar-refractivity contribution in [2.24, 2.45) is 5.14 Å². The maximum Gasteiger partial charge on any atom is 0.255 e. The minimum atomic E-state index is -3.83. The lowest BCUT2D eigenvalue weighted by atomic mass is 10.1. The van der Waals surface area contributed by atoms with Gasteiger partial charge >= 0.3 is 0 Å². The van der Waals surface area contributed by atoms with E-state index < -0.39 is 10.0 Å². The van der Waals surface area contributed by atoms with Crippen LogP contribution in [-0.4, -0.2) is 19.3 Å². The maximum atomic E-state index is 12.1. The molecule has 0 aliphatic carbocycles. The van der Waals surface area contributed by atoms with E-state index in [0.29, 0.717) is 11.3 Å². The molecule has 0 aliphatic heterocycles. The van der Waals surface area contributed by atoms with E-state index >= 15 is 0 Å². The molecule has 0 unspecified atom stereocenters. The Balaban J connectivity index is 2.41. The molecule has 0 saturated carbocycles. The predicted octanol–water partition coefficient (Wildman–Crippen LogP) is 1.60. The van der Waals surface area contributed by atoms with E-state index in [1.807, 2.05) is 0 Å². The Labute approximate surface area is 123 Å². The van der Waals surface area contributed by atoms with Crippen LogP contribution in [0.4, 0.5) is 5.69 Å². The van der Waals surface area contributed by atoms with Crippen molar-refractivity contribution >= 4 is 21.6 Å². The summed E-state index contributed by atoms with van der Waals surface area (Å²) >= 11 is 0. The first kappa shape index (κ1) is 15.1. The van der Waals surface area contributed by atoms with Gasteiger partial charge in [-0.25, -0.2) is 13.6 Å². The summed E-state index contributed by atoms with van der Waals surface area (Å²) < 4.78 is 22.9. The van der Waals surface area contributed by atoms with E-state index in [9.17, 15) is 13.2 Å². The van der Waals surface area contributed by atoms with Crippen molar-refractivity contribution in [3.8, 4) is 0 Å². The molecule has 0 bridgehead atoms. The summed E-state index contributed by atoms with van der Waals surface area (Å²) in [6.07, 6.45) is 3.02. The molecule has 21 heavy (non-hydrogen) atoms. The van der Waals surface area contributed by atoms with Gasteiger partial charge in [0.05, 0.1) is 4.90 Å². The van der Waals surface area contributed by atoms with Crippen LogP contribution in [0.3, 0.4) is 0 Å². The van der Waals surface area contributed by atoms with Crippen molar-refractivity contribution in [1.29, 1.82) is 0 Å². The molecule has 2 aromatic rings. The van der Waals surface area contributed by atoms with Gasteiger partial charge < -0.3 is 5.32 Å². The van der Waals surface area contributed by atoms with Crippen LogP contribution in [0.5, 0.6) is 0 Å². The van der Waals surface area contributed by atoms with Gasteiger partial charge in [-0.05, 0) is 49.2 Å². The second-order valence-corrected chi connectivity index (χ2v) is 6.21. The summed E-state index contributed by atoms with van der Waals surface area (Å²) in [4.78, 5) is 15.9. The SMILES string of the molecule is Cc1cc(S(N)(=O)=O)cc(NC(=O)c2ccncc2)c1C. The molecule has 0 atom stereocenters. The summed E-state index contributed by atoms with van der Waals surface area (Å²) in [6, 6.07) is 5.98. The van der Waals surface area contributed by atoms with Crippen LogP contribution in [-0.2, 0) is 10.0 Å². The molecule has 1 aromatic heterocycles. The fraction of sp³-hybridized carbons (Fsp3) is 0.143. The number of sulfonamides is 1. The number of benzene rings is 1. The second kappa shape index (κ2) is 5.63. The zero-order chi connectivity index (χ0) is 15.6. The van der Waals surface area contributed by atoms with Gasteiger partial charge in [-0.3, -0.25) is 9.78 Å². The summed E-state index contributed by atoms with van der Waals surface area (Å²) in [5.74, 6) is -0.341. The molecule has 1 heterocycles. The van der Waals surface area contributed by atoms with Crippen LogP contribution in [0.2, 0.25) is 0 Å². The first-order chi connectivity index (χ1) is 9.79. The lowest BCUT2D eigenvalue weighted by molar-refractivity contribution is 0.102. The molecule has 2 rings (SSSR count). The van der Waals surface area contributed by atoms with E-state index in [4.69, 9.17) is 5.14 Å². The third kappa shape index (κ3) is 3.45. The molecule has 7 heteroatoms. The number of rotatable bonds is 3. The van der Waals surface area contributed by atoms with Crippen LogP contribution in [0, 0.1) is 13.8 Å². The Morgan fingerprint density at radius 3 is 2.38 bits per heavy atom. The summed E-state index contributed by atoms with van der Waals surface area (Å²) in [6.45, 7) is 3.55. The average Bonchev–Trinajstić information content (AvgIpc) is 2.43. The molecule has 0 radical (unpaired) electrons. The highest BCUT2D eigenvalue weighted by Crippen LogP contribution is 2.24. The van der Waals surface area contributed by atoms with Gasteiger partial charge in [0.15, 0.2) is 0 Å². The lowest BCUT2D eigenvalue weighted by Gasteiger charge is -2.12. The van der Waals surface area contributed by atoms with Crippen LogP contribution in [0.25, 0.3) is 0 Å². The molecule has 1 amide bonds. The minimum absolute atomic E-state index is 0.0318.